The van der Waals surface area contributed by atoms with Crippen LogP contribution in [0.5, 0.6) is 11.5 Å². The Bertz CT molecular complexity index is 1430. The number of likely N-dealkylation sites (N-methyl/N-ethyl adjacent to an activating group) is 1. The number of methoxy groups -OCH3 is 2. The summed E-state index contributed by atoms with van der Waals surface area (Å²) < 4.78 is 39.8. The minimum absolute atomic E-state index is 0.00786. The Balaban J connectivity index is 2.13. The van der Waals surface area contributed by atoms with Crippen LogP contribution in [0.3, 0.4) is 0 Å². The number of anilines is 1. The van der Waals surface area contributed by atoms with Gasteiger partial charge in [0, 0.05) is 24.7 Å². The largest absolute Gasteiger partial charge is 0.497 e. The lowest BCUT2D eigenvalue weighted by molar-refractivity contribution is -0.139. The molecule has 0 aromatic heterocycles. The van der Waals surface area contributed by atoms with Crippen molar-refractivity contribution in [3.8, 4) is 11.5 Å². The molecule has 0 saturated carbocycles. The summed E-state index contributed by atoms with van der Waals surface area (Å²) in [5, 5.41) is 3.02. The number of hydrogen-bond acceptors (Lipinski definition) is 6. The first kappa shape index (κ1) is 29.8. The van der Waals surface area contributed by atoms with Crippen molar-refractivity contribution in [1.29, 1.82) is 0 Å². The molecular weight excluding hydrogens is 542 g/mol. The number of ether oxygens (including phenoxy) is 2. The van der Waals surface area contributed by atoms with Gasteiger partial charge in [-0.2, -0.15) is 0 Å². The smallest absolute Gasteiger partial charge is 0.264 e. The standard InChI is InChI=1S/C28H32ClN3O6S/c1-19-9-12-24(13-10-19)39(35,36)32(25-16-23(37-4)11-14-26(25)38-5)18-27(33)31(20(2)28(34)30-3)17-21-7-6-8-22(29)15-21/h6-16,20H,17-18H2,1-5H3,(H,30,34)/t20-/m0/s1. The van der Waals surface area contributed by atoms with Crippen LogP contribution in [0.1, 0.15) is 18.1 Å². The summed E-state index contributed by atoms with van der Waals surface area (Å²) in [4.78, 5) is 27.8. The molecule has 0 fully saturated rings. The summed E-state index contributed by atoms with van der Waals surface area (Å²) in [6, 6.07) is 17.0. The fourth-order valence-electron chi connectivity index (χ4n) is 3.97. The molecule has 0 aliphatic rings. The van der Waals surface area contributed by atoms with Gasteiger partial charge in [0.05, 0.1) is 24.8 Å². The van der Waals surface area contributed by atoms with E-state index >= 15 is 0 Å². The third-order valence-corrected chi connectivity index (χ3v) is 8.21. The Morgan fingerprint density at radius 1 is 1.00 bits per heavy atom. The van der Waals surface area contributed by atoms with E-state index < -0.39 is 34.4 Å². The molecule has 0 aliphatic carbocycles. The van der Waals surface area contributed by atoms with Crippen molar-refractivity contribution < 1.29 is 27.5 Å². The molecule has 11 heteroatoms. The molecule has 0 saturated heterocycles. The van der Waals surface area contributed by atoms with Crippen LogP contribution < -0.4 is 19.1 Å². The van der Waals surface area contributed by atoms with Gasteiger partial charge in [0.15, 0.2) is 0 Å². The number of halogens is 1. The van der Waals surface area contributed by atoms with E-state index in [9.17, 15) is 18.0 Å². The van der Waals surface area contributed by atoms with E-state index in [-0.39, 0.29) is 22.9 Å². The van der Waals surface area contributed by atoms with Gasteiger partial charge in [0.2, 0.25) is 11.8 Å². The third-order valence-electron chi connectivity index (χ3n) is 6.20. The van der Waals surface area contributed by atoms with Gasteiger partial charge in [0.25, 0.3) is 10.0 Å². The van der Waals surface area contributed by atoms with Crippen LogP contribution >= 0.6 is 11.6 Å². The lowest BCUT2D eigenvalue weighted by Gasteiger charge is -2.32. The summed E-state index contributed by atoms with van der Waals surface area (Å²) in [6.07, 6.45) is 0. The van der Waals surface area contributed by atoms with E-state index in [4.69, 9.17) is 21.1 Å². The molecule has 0 unspecified atom stereocenters. The highest BCUT2D eigenvalue weighted by Gasteiger charge is 2.34. The molecule has 1 N–H and O–H groups in total. The van der Waals surface area contributed by atoms with E-state index in [2.05, 4.69) is 5.32 Å². The fraction of sp³-hybridized carbons (Fsp3) is 0.286. The van der Waals surface area contributed by atoms with Gasteiger partial charge in [-0.15, -0.1) is 0 Å². The molecular formula is C28H32ClN3O6S. The minimum atomic E-state index is -4.26. The molecule has 0 spiro atoms. The first-order valence-electron chi connectivity index (χ1n) is 12.1. The van der Waals surface area contributed by atoms with Crippen molar-refractivity contribution >= 4 is 39.1 Å². The Labute approximate surface area is 234 Å². The fourth-order valence-corrected chi connectivity index (χ4v) is 5.60. The predicted molar refractivity (Wildman–Crippen MR) is 151 cm³/mol. The highest BCUT2D eigenvalue weighted by molar-refractivity contribution is 7.92. The monoisotopic (exact) mass is 573 g/mol. The number of benzene rings is 3. The van der Waals surface area contributed by atoms with Gasteiger partial charge < -0.3 is 19.7 Å². The molecule has 3 rings (SSSR count). The molecule has 208 valence electrons. The van der Waals surface area contributed by atoms with Crippen LogP contribution in [0.2, 0.25) is 5.02 Å². The van der Waals surface area contributed by atoms with Gasteiger partial charge in [-0.1, -0.05) is 41.4 Å². The zero-order chi connectivity index (χ0) is 28.7. The number of aryl methyl sites for hydroxylation is 1. The van der Waals surface area contributed by atoms with Crippen molar-refractivity contribution in [3.05, 3.63) is 82.9 Å². The number of hydrogen-bond donors (Lipinski definition) is 1. The van der Waals surface area contributed by atoms with Gasteiger partial charge >= 0.3 is 0 Å². The number of carbonyl (C=O) groups excluding carboxylic acids is 2. The topological polar surface area (TPSA) is 105 Å². The Kier molecular flexibility index (Phi) is 9.82. The lowest BCUT2D eigenvalue weighted by atomic mass is 10.1. The van der Waals surface area contributed by atoms with Gasteiger partial charge in [-0.25, -0.2) is 8.42 Å². The molecule has 39 heavy (non-hydrogen) atoms. The summed E-state index contributed by atoms with van der Waals surface area (Å²) in [7, 11) is 0.0663. The second-order valence-electron chi connectivity index (χ2n) is 8.80. The van der Waals surface area contributed by atoms with Crippen LogP contribution in [0.15, 0.2) is 71.6 Å². The van der Waals surface area contributed by atoms with Crippen molar-refractivity contribution in [2.24, 2.45) is 0 Å². The summed E-state index contributed by atoms with van der Waals surface area (Å²) in [5.74, 6) is -0.416. The highest BCUT2D eigenvalue weighted by Crippen LogP contribution is 2.36. The number of rotatable bonds is 11. The normalized spacial score (nSPS) is 11.8. The van der Waals surface area contributed by atoms with E-state index in [1.54, 1.807) is 55.5 Å². The highest BCUT2D eigenvalue weighted by atomic mass is 35.5. The molecule has 2 amide bonds. The number of carbonyl (C=O) groups is 2. The van der Waals surface area contributed by atoms with Crippen molar-refractivity contribution in [3.63, 3.8) is 0 Å². The zero-order valence-electron chi connectivity index (χ0n) is 22.5. The summed E-state index contributed by atoms with van der Waals surface area (Å²) >= 11 is 6.15. The van der Waals surface area contributed by atoms with Crippen molar-refractivity contribution in [2.45, 2.75) is 31.3 Å². The maximum Gasteiger partial charge on any atom is 0.264 e. The molecule has 0 aliphatic heterocycles. The lowest BCUT2D eigenvalue weighted by Crippen LogP contribution is -2.50. The number of nitrogens with one attached hydrogen (secondary N) is 1. The maximum atomic E-state index is 14.0. The van der Waals surface area contributed by atoms with Crippen LogP contribution in [-0.2, 0) is 26.2 Å². The predicted octanol–water partition coefficient (Wildman–Crippen LogP) is 4.02. The van der Waals surface area contributed by atoms with Crippen molar-refractivity contribution in [2.75, 3.05) is 32.1 Å². The summed E-state index contributed by atoms with van der Waals surface area (Å²) in [6.45, 7) is 2.84. The summed E-state index contributed by atoms with van der Waals surface area (Å²) in [5.41, 5.74) is 1.67. The number of amides is 2. The molecule has 0 radical (unpaired) electrons. The number of sulfonamides is 1. The van der Waals surface area contributed by atoms with Crippen LogP contribution in [0.25, 0.3) is 0 Å². The average molecular weight is 574 g/mol. The third kappa shape index (κ3) is 7.01. The molecule has 9 nitrogen and oxygen atoms in total. The molecule has 1 atom stereocenters. The van der Waals surface area contributed by atoms with Crippen LogP contribution in [0.4, 0.5) is 5.69 Å². The van der Waals surface area contributed by atoms with E-state index in [1.165, 1.54) is 44.4 Å². The Morgan fingerprint density at radius 2 is 1.69 bits per heavy atom. The quantitative estimate of drug-likeness (QED) is 0.371. The number of nitrogens with zero attached hydrogens (tertiary/aromatic N) is 2. The van der Waals surface area contributed by atoms with E-state index in [0.717, 1.165) is 9.87 Å². The minimum Gasteiger partial charge on any atom is -0.497 e. The van der Waals surface area contributed by atoms with E-state index in [1.807, 2.05) is 6.92 Å². The first-order valence-corrected chi connectivity index (χ1v) is 13.9. The second kappa shape index (κ2) is 12.9. The Hall–Kier alpha value is -3.76. The molecule has 3 aromatic carbocycles. The molecule has 0 bridgehead atoms. The first-order chi connectivity index (χ1) is 18.5. The average Bonchev–Trinajstić information content (AvgIpc) is 2.93. The molecule has 3 aromatic rings. The van der Waals surface area contributed by atoms with Crippen molar-refractivity contribution in [1.82, 2.24) is 10.2 Å². The Morgan fingerprint density at radius 3 is 2.28 bits per heavy atom. The van der Waals surface area contributed by atoms with Gasteiger partial charge in [-0.05, 0) is 55.8 Å². The van der Waals surface area contributed by atoms with E-state index in [0.29, 0.717) is 16.3 Å². The maximum absolute atomic E-state index is 14.0. The van der Waals surface area contributed by atoms with Crippen LogP contribution in [-0.4, -0.2) is 59.0 Å². The molecule has 0 heterocycles. The SMILES string of the molecule is CNC(=O)[C@H](C)N(Cc1cccc(Cl)c1)C(=O)CN(c1cc(OC)ccc1OC)S(=O)(=O)c1ccc(C)cc1. The van der Waals surface area contributed by atoms with Gasteiger partial charge in [-0.3, -0.25) is 13.9 Å². The van der Waals surface area contributed by atoms with Gasteiger partial charge in [0.1, 0.15) is 24.1 Å². The zero-order valence-corrected chi connectivity index (χ0v) is 24.0. The second-order valence-corrected chi connectivity index (χ2v) is 11.1. The van der Waals surface area contributed by atoms with Crippen LogP contribution in [0, 0.1) is 6.92 Å².